The summed E-state index contributed by atoms with van der Waals surface area (Å²) >= 11 is 0. The molecule has 0 aliphatic carbocycles. The summed E-state index contributed by atoms with van der Waals surface area (Å²) in [4.78, 5) is 34.8. The zero-order valence-electron chi connectivity index (χ0n) is 8.95. The SMILES string of the molecule is Cc1ncc(COP(=O)([O-])[O-])c(C=O)c1O.[Mg+2]. The molecule has 1 rings (SSSR count). The first kappa shape index (κ1) is 16.5. The van der Waals surface area contributed by atoms with Crippen molar-refractivity contribution < 1.29 is 28.8 Å². The van der Waals surface area contributed by atoms with Gasteiger partial charge in [-0.2, -0.15) is 0 Å². The molecule has 0 saturated carbocycles. The molecule has 0 radical (unpaired) electrons. The Labute approximate surface area is 113 Å². The largest absolute Gasteiger partial charge is 2.00 e. The predicted octanol–water partition coefficient (Wildman–Crippen LogP) is -1.13. The Bertz CT molecular complexity index is 460. The quantitative estimate of drug-likeness (QED) is 0.417. The fourth-order valence-electron chi connectivity index (χ4n) is 1.05. The third-order valence-corrected chi connectivity index (χ3v) is 2.30. The molecule has 0 bridgehead atoms. The molecular weight excluding hydrogens is 261 g/mol. The number of phosphoric acid groups is 1. The van der Waals surface area contributed by atoms with Crippen molar-refractivity contribution in [3.8, 4) is 5.75 Å². The van der Waals surface area contributed by atoms with Crippen LogP contribution in [0.4, 0.5) is 0 Å². The number of carbonyl (C=O) groups is 1. The van der Waals surface area contributed by atoms with Gasteiger partial charge >= 0.3 is 23.1 Å². The van der Waals surface area contributed by atoms with Gasteiger partial charge in [-0.25, -0.2) is 0 Å². The molecule has 1 aromatic rings. The number of aromatic hydroxyl groups is 1. The summed E-state index contributed by atoms with van der Waals surface area (Å²) in [5, 5.41) is 9.43. The molecule has 0 atom stereocenters. The molecular formula is C8H8MgNO6P. The average molecular weight is 269 g/mol. The van der Waals surface area contributed by atoms with Crippen molar-refractivity contribution in [3.63, 3.8) is 0 Å². The third kappa shape index (κ3) is 4.70. The van der Waals surface area contributed by atoms with Gasteiger partial charge in [0, 0.05) is 11.8 Å². The minimum Gasteiger partial charge on any atom is -0.790 e. The van der Waals surface area contributed by atoms with Crippen molar-refractivity contribution in [3.05, 3.63) is 23.0 Å². The maximum absolute atomic E-state index is 10.7. The number of aromatic nitrogens is 1. The topological polar surface area (TPSA) is 123 Å². The molecule has 88 valence electrons. The summed E-state index contributed by atoms with van der Waals surface area (Å²) in [7, 11) is -5.11. The van der Waals surface area contributed by atoms with Crippen LogP contribution in [-0.2, 0) is 15.7 Å². The Kier molecular flexibility index (Phi) is 6.24. The Hall–Kier alpha value is -0.504. The number of aryl methyl sites for hydroxylation is 1. The molecule has 7 nitrogen and oxygen atoms in total. The van der Waals surface area contributed by atoms with Crippen LogP contribution in [0, 0.1) is 6.92 Å². The van der Waals surface area contributed by atoms with Gasteiger partial charge in [-0.3, -0.25) is 9.78 Å². The van der Waals surface area contributed by atoms with Crippen LogP contribution >= 0.6 is 7.82 Å². The van der Waals surface area contributed by atoms with E-state index < -0.39 is 14.4 Å². The van der Waals surface area contributed by atoms with Crippen molar-refractivity contribution >= 4 is 37.2 Å². The van der Waals surface area contributed by atoms with Crippen LogP contribution in [0.25, 0.3) is 0 Å². The fraction of sp³-hybridized carbons (Fsp3) is 0.250. The Morgan fingerprint density at radius 1 is 1.59 bits per heavy atom. The van der Waals surface area contributed by atoms with Gasteiger partial charge in [-0.05, 0) is 6.92 Å². The molecule has 1 heterocycles. The molecule has 1 N–H and O–H groups in total. The normalized spacial score (nSPS) is 10.8. The van der Waals surface area contributed by atoms with Crippen molar-refractivity contribution in [2.75, 3.05) is 0 Å². The summed E-state index contributed by atoms with van der Waals surface area (Å²) in [6.45, 7) is 0.845. The zero-order chi connectivity index (χ0) is 12.3. The molecule has 0 unspecified atom stereocenters. The van der Waals surface area contributed by atoms with Crippen molar-refractivity contribution in [2.45, 2.75) is 13.5 Å². The van der Waals surface area contributed by atoms with Crippen LogP contribution < -0.4 is 9.79 Å². The van der Waals surface area contributed by atoms with Gasteiger partial charge in [0.15, 0.2) is 6.29 Å². The molecule has 0 aliphatic rings. The van der Waals surface area contributed by atoms with Gasteiger partial charge < -0.3 is 24.0 Å². The molecule has 0 aliphatic heterocycles. The second kappa shape index (κ2) is 6.43. The van der Waals surface area contributed by atoms with E-state index in [2.05, 4.69) is 9.51 Å². The van der Waals surface area contributed by atoms with Gasteiger partial charge in [-0.1, -0.05) is 0 Å². The Morgan fingerprint density at radius 3 is 2.65 bits per heavy atom. The van der Waals surface area contributed by atoms with E-state index in [1.807, 2.05) is 0 Å². The first-order chi connectivity index (χ1) is 7.35. The van der Waals surface area contributed by atoms with E-state index in [1.54, 1.807) is 0 Å². The number of aldehydes is 1. The summed E-state index contributed by atoms with van der Waals surface area (Å²) < 4.78 is 14.2. The van der Waals surface area contributed by atoms with Crippen molar-refractivity contribution in [2.24, 2.45) is 0 Å². The second-order valence-electron chi connectivity index (χ2n) is 2.97. The molecule has 0 fully saturated rings. The van der Waals surface area contributed by atoms with E-state index in [9.17, 15) is 24.3 Å². The Balaban J connectivity index is 0.00000256. The standard InChI is InChI=1S/C8H10NO6P.Mg/c1-5-8(11)7(3-10)6(2-9-5)4-15-16(12,13)14;/h2-3,11H,4H2,1H3,(H2,12,13,14);/q;+2/p-2. The monoisotopic (exact) mass is 269 g/mol. The van der Waals surface area contributed by atoms with Gasteiger partial charge in [0.1, 0.15) is 5.75 Å². The molecule has 17 heavy (non-hydrogen) atoms. The van der Waals surface area contributed by atoms with Crippen LogP contribution in [0.2, 0.25) is 0 Å². The number of carbonyl (C=O) groups excluding carboxylic acids is 1. The van der Waals surface area contributed by atoms with Crippen LogP contribution in [-0.4, -0.2) is 39.4 Å². The van der Waals surface area contributed by atoms with Gasteiger partial charge in [0.05, 0.1) is 25.7 Å². The van der Waals surface area contributed by atoms with Crippen molar-refractivity contribution in [1.29, 1.82) is 0 Å². The Morgan fingerprint density at radius 2 is 2.18 bits per heavy atom. The fourth-order valence-corrected chi connectivity index (χ4v) is 1.34. The predicted molar refractivity (Wildman–Crippen MR) is 54.2 cm³/mol. The molecule has 0 saturated heterocycles. The first-order valence-corrected chi connectivity index (χ1v) is 5.60. The van der Waals surface area contributed by atoms with Crippen LogP contribution in [0.3, 0.4) is 0 Å². The van der Waals surface area contributed by atoms with Crippen LogP contribution in [0.15, 0.2) is 6.20 Å². The maximum atomic E-state index is 10.7. The summed E-state index contributed by atoms with van der Waals surface area (Å²) in [5.74, 6) is -0.359. The van der Waals surface area contributed by atoms with E-state index in [0.717, 1.165) is 6.20 Å². The number of nitrogens with zero attached hydrogens (tertiary/aromatic N) is 1. The minimum absolute atomic E-state index is 0. The number of phosphoric ester groups is 1. The average Bonchev–Trinajstić information content (AvgIpc) is 2.18. The number of pyridine rings is 1. The minimum atomic E-state index is -5.11. The third-order valence-electron chi connectivity index (χ3n) is 1.85. The molecule has 0 spiro atoms. The summed E-state index contributed by atoms with van der Waals surface area (Å²) in [6, 6.07) is 0. The van der Waals surface area contributed by atoms with Gasteiger partial charge in [0.25, 0.3) is 0 Å². The van der Waals surface area contributed by atoms with Crippen molar-refractivity contribution in [1.82, 2.24) is 4.98 Å². The first-order valence-electron chi connectivity index (χ1n) is 4.14. The van der Waals surface area contributed by atoms with Crippen LogP contribution in [0.1, 0.15) is 21.6 Å². The van der Waals surface area contributed by atoms with Crippen LogP contribution in [0.5, 0.6) is 5.75 Å². The molecule has 0 aromatic carbocycles. The van der Waals surface area contributed by atoms with Gasteiger partial charge in [0.2, 0.25) is 0 Å². The molecule has 9 heteroatoms. The zero-order valence-corrected chi connectivity index (χ0v) is 11.3. The summed E-state index contributed by atoms with van der Waals surface area (Å²) in [5.41, 5.74) is 0.115. The smallest absolute Gasteiger partial charge is 0.790 e. The molecule has 0 amide bonds. The van der Waals surface area contributed by atoms with Gasteiger partial charge in [-0.15, -0.1) is 0 Å². The second-order valence-corrected chi connectivity index (χ2v) is 4.12. The van der Waals surface area contributed by atoms with E-state index in [4.69, 9.17) is 0 Å². The summed E-state index contributed by atoms with van der Waals surface area (Å²) in [6.07, 6.45) is 1.50. The van der Waals surface area contributed by atoms with E-state index in [1.165, 1.54) is 6.92 Å². The number of hydrogen-bond donors (Lipinski definition) is 1. The van der Waals surface area contributed by atoms with E-state index in [-0.39, 0.29) is 45.6 Å². The van der Waals surface area contributed by atoms with E-state index >= 15 is 0 Å². The maximum Gasteiger partial charge on any atom is 2.00 e. The number of rotatable bonds is 4. The van der Waals surface area contributed by atoms with E-state index in [0.29, 0.717) is 6.29 Å². The molecule has 1 aromatic heterocycles. The number of hydrogen-bond acceptors (Lipinski definition) is 7.